The zero-order chi connectivity index (χ0) is 17.2. The van der Waals surface area contributed by atoms with Crippen LogP contribution in [0, 0.1) is 0 Å². The second kappa shape index (κ2) is 7.03. The number of aromatic nitrogens is 2. The van der Waals surface area contributed by atoms with Gasteiger partial charge in [0, 0.05) is 31.7 Å². The Kier molecular flexibility index (Phi) is 5.01. The fraction of sp³-hybridized carbons (Fsp3) is 0.588. The molecule has 2 aromatic heterocycles. The van der Waals surface area contributed by atoms with Crippen molar-refractivity contribution < 1.29 is 4.79 Å². The molecule has 1 amide bonds. The summed E-state index contributed by atoms with van der Waals surface area (Å²) in [7, 11) is 0. The number of anilines is 1. The summed E-state index contributed by atoms with van der Waals surface area (Å²) >= 11 is 1.64. The lowest BCUT2D eigenvalue weighted by Crippen LogP contribution is -2.46. The van der Waals surface area contributed by atoms with Gasteiger partial charge in [-0.05, 0) is 38.6 Å². The molecule has 0 aliphatic carbocycles. The molecule has 1 aliphatic rings. The maximum atomic E-state index is 12.1. The normalized spacial score (nSPS) is 17.0. The number of hydrogen-bond acceptors (Lipinski definition) is 6. The van der Waals surface area contributed by atoms with Crippen LogP contribution in [0.5, 0.6) is 0 Å². The van der Waals surface area contributed by atoms with Crippen LogP contribution in [-0.2, 0) is 4.79 Å². The summed E-state index contributed by atoms with van der Waals surface area (Å²) in [4.78, 5) is 26.6. The minimum Gasteiger partial charge on any atom is -0.355 e. The zero-order valence-electron chi connectivity index (χ0n) is 14.6. The van der Waals surface area contributed by atoms with Crippen LogP contribution in [0.1, 0.15) is 27.2 Å². The molecular weight excluding hydrogens is 322 g/mol. The molecule has 0 saturated carbocycles. The van der Waals surface area contributed by atoms with Gasteiger partial charge in [-0.3, -0.25) is 9.69 Å². The van der Waals surface area contributed by atoms with Crippen LogP contribution in [0.4, 0.5) is 5.82 Å². The number of fused-ring (bicyclic) bond motifs is 1. The predicted molar refractivity (Wildman–Crippen MR) is 98.6 cm³/mol. The molecule has 0 unspecified atom stereocenters. The fourth-order valence-corrected chi connectivity index (χ4v) is 3.76. The maximum absolute atomic E-state index is 12.1. The molecule has 24 heavy (non-hydrogen) atoms. The molecule has 7 heteroatoms. The molecule has 0 spiro atoms. The van der Waals surface area contributed by atoms with Gasteiger partial charge in [0.25, 0.3) is 0 Å². The van der Waals surface area contributed by atoms with Crippen LogP contribution >= 0.6 is 11.3 Å². The summed E-state index contributed by atoms with van der Waals surface area (Å²) in [5.74, 6) is 1.11. The summed E-state index contributed by atoms with van der Waals surface area (Å²) in [6.45, 7) is 10.1. The third-order valence-corrected chi connectivity index (χ3v) is 4.83. The van der Waals surface area contributed by atoms with Crippen molar-refractivity contribution >= 4 is 33.3 Å². The van der Waals surface area contributed by atoms with E-state index in [1.165, 1.54) is 0 Å². The topological polar surface area (TPSA) is 61.4 Å². The summed E-state index contributed by atoms with van der Waals surface area (Å²) in [6.07, 6.45) is 2.67. The van der Waals surface area contributed by atoms with E-state index in [4.69, 9.17) is 0 Å². The average Bonchev–Trinajstić information content (AvgIpc) is 2.86. The Morgan fingerprint density at radius 1 is 1.25 bits per heavy atom. The van der Waals surface area contributed by atoms with Crippen LogP contribution in [0.2, 0.25) is 0 Å². The standard InChI is InChI=1S/C17H25N5OS/c1-17(2,3)20-14(23)11-21-6-4-7-22(9-8-21)15-13-5-10-24-16(13)19-12-18-15/h5,10,12H,4,6-9,11H2,1-3H3,(H,20,23). The van der Waals surface area contributed by atoms with E-state index in [-0.39, 0.29) is 11.4 Å². The number of rotatable bonds is 3. The van der Waals surface area contributed by atoms with E-state index >= 15 is 0 Å². The Hall–Kier alpha value is -1.73. The van der Waals surface area contributed by atoms with Gasteiger partial charge in [0.05, 0.1) is 11.9 Å². The average molecular weight is 347 g/mol. The van der Waals surface area contributed by atoms with Crippen molar-refractivity contribution in [3.63, 3.8) is 0 Å². The Labute approximate surface area is 146 Å². The van der Waals surface area contributed by atoms with Crippen molar-refractivity contribution in [1.82, 2.24) is 20.2 Å². The highest BCUT2D eigenvalue weighted by atomic mass is 32.1. The number of hydrogen-bond donors (Lipinski definition) is 1. The van der Waals surface area contributed by atoms with Crippen molar-refractivity contribution in [2.75, 3.05) is 37.6 Å². The van der Waals surface area contributed by atoms with Crippen molar-refractivity contribution in [2.24, 2.45) is 0 Å². The highest BCUT2D eigenvalue weighted by Crippen LogP contribution is 2.27. The van der Waals surface area contributed by atoms with E-state index < -0.39 is 0 Å². The number of nitrogens with one attached hydrogen (secondary N) is 1. The lowest BCUT2D eigenvalue weighted by molar-refractivity contribution is -0.123. The first-order chi connectivity index (χ1) is 11.4. The van der Waals surface area contributed by atoms with Gasteiger partial charge in [0.15, 0.2) is 0 Å². The first-order valence-electron chi connectivity index (χ1n) is 8.39. The van der Waals surface area contributed by atoms with Gasteiger partial charge in [-0.15, -0.1) is 11.3 Å². The van der Waals surface area contributed by atoms with Gasteiger partial charge in [0.2, 0.25) is 5.91 Å². The summed E-state index contributed by atoms with van der Waals surface area (Å²) in [6, 6.07) is 2.09. The Bertz CT molecular complexity index is 708. The maximum Gasteiger partial charge on any atom is 0.234 e. The van der Waals surface area contributed by atoms with E-state index in [0.29, 0.717) is 6.54 Å². The minimum atomic E-state index is -0.180. The predicted octanol–water partition coefficient (Wildman–Crippen LogP) is 2.12. The summed E-state index contributed by atoms with van der Waals surface area (Å²) < 4.78 is 0. The van der Waals surface area contributed by atoms with Gasteiger partial charge < -0.3 is 10.2 Å². The molecule has 1 N–H and O–H groups in total. The first kappa shape index (κ1) is 17.1. The van der Waals surface area contributed by atoms with E-state index in [1.807, 2.05) is 20.8 Å². The highest BCUT2D eigenvalue weighted by molar-refractivity contribution is 7.16. The quantitative estimate of drug-likeness (QED) is 0.921. The summed E-state index contributed by atoms with van der Waals surface area (Å²) in [5.41, 5.74) is -0.180. The van der Waals surface area contributed by atoms with Crippen LogP contribution in [0.3, 0.4) is 0 Å². The molecule has 2 aromatic rings. The molecule has 0 atom stereocenters. The number of amides is 1. The molecule has 130 valence electrons. The van der Waals surface area contributed by atoms with Gasteiger partial charge in [-0.2, -0.15) is 0 Å². The smallest absolute Gasteiger partial charge is 0.234 e. The number of carbonyl (C=O) groups excluding carboxylic acids is 1. The third-order valence-electron chi connectivity index (χ3n) is 4.01. The second-order valence-corrected chi connectivity index (χ2v) is 8.15. The Balaban J connectivity index is 1.63. The van der Waals surface area contributed by atoms with Gasteiger partial charge >= 0.3 is 0 Å². The SMILES string of the molecule is CC(C)(C)NC(=O)CN1CCCN(c2ncnc3sccc23)CC1. The van der Waals surface area contributed by atoms with Crippen molar-refractivity contribution in [2.45, 2.75) is 32.7 Å². The minimum absolute atomic E-state index is 0.0956. The van der Waals surface area contributed by atoms with Crippen molar-refractivity contribution in [1.29, 1.82) is 0 Å². The van der Waals surface area contributed by atoms with E-state index in [2.05, 4.69) is 36.5 Å². The molecule has 0 radical (unpaired) electrons. The lowest BCUT2D eigenvalue weighted by Gasteiger charge is -2.25. The molecule has 6 nitrogen and oxygen atoms in total. The van der Waals surface area contributed by atoms with Crippen LogP contribution in [0.25, 0.3) is 10.2 Å². The Morgan fingerprint density at radius 3 is 2.88 bits per heavy atom. The number of thiophene rings is 1. The number of carbonyl (C=O) groups is 1. The monoisotopic (exact) mass is 347 g/mol. The van der Waals surface area contributed by atoms with E-state index in [9.17, 15) is 4.79 Å². The lowest BCUT2D eigenvalue weighted by atomic mass is 10.1. The van der Waals surface area contributed by atoms with E-state index in [0.717, 1.165) is 48.6 Å². The first-order valence-corrected chi connectivity index (χ1v) is 9.27. The number of nitrogens with zero attached hydrogens (tertiary/aromatic N) is 4. The third kappa shape index (κ3) is 4.21. The molecule has 0 aromatic carbocycles. The second-order valence-electron chi connectivity index (χ2n) is 7.25. The largest absolute Gasteiger partial charge is 0.355 e. The molecule has 1 saturated heterocycles. The van der Waals surface area contributed by atoms with Gasteiger partial charge in [-0.1, -0.05) is 0 Å². The molecular formula is C17H25N5OS. The highest BCUT2D eigenvalue weighted by Gasteiger charge is 2.21. The Morgan fingerprint density at radius 2 is 2.08 bits per heavy atom. The molecule has 1 aliphatic heterocycles. The molecule has 3 rings (SSSR count). The molecule has 3 heterocycles. The van der Waals surface area contributed by atoms with Crippen molar-refractivity contribution in [3.05, 3.63) is 17.8 Å². The van der Waals surface area contributed by atoms with Crippen LogP contribution in [-0.4, -0.2) is 59.0 Å². The van der Waals surface area contributed by atoms with Crippen LogP contribution < -0.4 is 10.2 Å². The molecule has 1 fully saturated rings. The zero-order valence-corrected chi connectivity index (χ0v) is 15.4. The van der Waals surface area contributed by atoms with Gasteiger partial charge in [-0.25, -0.2) is 9.97 Å². The molecule has 0 bridgehead atoms. The summed E-state index contributed by atoms with van der Waals surface area (Å²) in [5, 5.41) is 6.22. The van der Waals surface area contributed by atoms with Gasteiger partial charge in [0.1, 0.15) is 17.0 Å². The van der Waals surface area contributed by atoms with Crippen molar-refractivity contribution in [3.8, 4) is 0 Å². The van der Waals surface area contributed by atoms with Crippen LogP contribution in [0.15, 0.2) is 17.8 Å². The fourth-order valence-electron chi connectivity index (χ4n) is 3.03. The van der Waals surface area contributed by atoms with E-state index in [1.54, 1.807) is 17.7 Å².